The molecular formula is C20H27N3O. The normalized spacial score (nSPS) is 11.0. The van der Waals surface area contributed by atoms with Crippen molar-refractivity contribution in [1.82, 2.24) is 0 Å². The lowest BCUT2D eigenvalue weighted by Crippen LogP contribution is -2.24. The van der Waals surface area contributed by atoms with E-state index in [0.29, 0.717) is 0 Å². The molecule has 1 amide bonds. The molecule has 0 aliphatic carbocycles. The van der Waals surface area contributed by atoms with Crippen LogP contribution in [0.3, 0.4) is 0 Å². The van der Waals surface area contributed by atoms with Gasteiger partial charge in [0.05, 0.1) is 6.54 Å². The van der Waals surface area contributed by atoms with Crippen molar-refractivity contribution < 1.29 is 4.79 Å². The quantitative estimate of drug-likeness (QED) is 0.870. The first-order valence-electron chi connectivity index (χ1n) is 8.18. The van der Waals surface area contributed by atoms with Crippen LogP contribution in [-0.4, -0.2) is 26.5 Å². The van der Waals surface area contributed by atoms with Gasteiger partial charge in [-0.15, -0.1) is 0 Å². The van der Waals surface area contributed by atoms with E-state index in [4.69, 9.17) is 0 Å². The Morgan fingerprint density at radius 3 is 2.21 bits per heavy atom. The standard InChI is InChI=1S/C20H27N3O/c1-20(2,3)17-8-6-7-9-18(17)22-19(24)14-21-15-10-12-16(13-11-15)23(4)5/h6-13,21H,14H2,1-5H3,(H,22,24). The molecule has 128 valence electrons. The maximum Gasteiger partial charge on any atom is 0.243 e. The molecule has 4 heteroatoms. The summed E-state index contributed by atoms with van der Waals surface area (Å²) in [4.78, 5) is 14.3. The van der Waals surface area contributed by atoms with E-state index in [1.54, 1.807) is 0 Å². The Morgan fingerprint density at radius 2 is 1.62 bits per heavy atom. The number of carbonyl (C=O) groups excluding carboxylic acids is 1. The van der Waals surface area contributed by atoms with Gasteiger partial charge in [-0.25, -0.2) is 0 Å². The number of amides is 1. The first-order valence-corrected chi connectivity index (χ1v) is 8.18. The highest BCUT2D eigenvalue weighted by Gasteiger charge is 2.18. The van der Waals surface area contributed by atoms with Crippen LogP contribution in [-0.2, 0) is 10.2 Å². The summed E-state index contributed by atoms with van der Waals surface area (Å²) in [5.41, 5.74) is 4.05. The Hall–Kier alpha value is -2.49. The molecule has 2 aromatic rings. The number of nitrogens with zero attached hydrogens (tertiary/aromatic N) is 1. The van der Waals surface area contributed by atoms with E-state index in [2.05, 4.69) is 37.5 Å². The summed E-state index contributed by atoms with van der Waals surface area (Å²) in [6.07, 6.45) is 0. The lowest BCUT2D eigenvalue weighted by Gasteiger charge is -2.23. The molecule has 0 aliphatic rings. The average Bonchev–Trinajstić information content (AvgIpc) is 2.53. The van der Waals surface area contributed by atoms with Crippen LogP contribution in [0.5, 0.6) is 0 Å². The van der Waals surface area contributed by atoms with E-state index < -0.39 is 0 Å². The largest absolute Gasteiger partial charge is 0.378 e. The minimum Gasteiger partial charge on any atom is -0.378 e. The molecule has 0 aromatic heterocycles. The number of rotatable bonds is 5. The summed E-state index contributed by atoms with van der Waals surface area (Å²) < 4.78 is 0. The molecule has 0 fully saturated rings. The van der Waals surface area contributed by atoms with E-state index in [1.165, 1.54) is 0 Å². The Kier molecular flexibility index (Phi) is 5.50. The van der Waals surface area contributed by atoms with Crippen LogP contribution in [0.1, 0.15) is 26.3 Å². The van der Waals surface area contributed by atoms with Crippen molar-refractivity contribution in [3.8, 4) is 0 Å². The van der Waals surface area contributed by atoms with Crippen molar-refractivity contribution in [3.63, 3.8) is 0 Å². The molecule has 2 aromatic carbocycles. The van der Waals surface area contributed by atoms with Gasteiger partial charge < -0.3 is 15.5 Å². The lowest BCUT2D eigenvalue weighted by atomic mass is 9.86. The minimum absolute atomic E-state index is 0.0146. The third-order valence-corrected chi connectivity index (χ3v) is 3.85. The maximum atomic E-state index is 12.3. The van der Waals surface area contributed by atoms with Crippen LogP contribution < -0.4 is 15.5 Å². The third-order valence-electron chi connectivity index (χ3n) is 3.85. The zero-order valence-corrected chi connectivity index (χ0v) is 15.2. The van der Waals surface area contributed by atoms with Crippen molar-refractivity contribution in [2.24, 2.45) is 0 Å². The molecule has 0 aliphatic heterocycles. The molecule has 2 rings (SSSR count). The van der Waals surface area contributed by atoms with Crippen molar-refractivity contribution in [3.05, 3.63) is 54.1 Å². The van der Waals surface area contributed by atoms with Gasteiger partial charge >= 0.3 is 0 Å². The molecule has 0 heterocycles. The first-order chi connectivity index (χ1) is 11.3. The monoisotopic (exact) mass is 325 g/mol. The summed E-state index contributed by atoms with van der Waals surface area (Å²) in [6, 6.07) is 16.0. The summed E-state index contributed by atoms with van der Waals surface area (Å²) in [6.45, 7) is 6.66. The highest BCUT2D eigenvalue weighted by molar-refractivity contribution is 5.94. The molecule has 0 saturated carbocycles. The fourth-order valence-electron chi connectivity index (χ4n) is 2.50. The number of anilines is 3. The summed E-state index contributed by atoms with van der Waals surface area (Å²) in [5, 5.41) is 6.17. The van der Waals surface area contributed by atoms with Gasteiger partial charge in [-0.05, 0) is 41.3 Å². The smallest absolute Gasteiger partial charge is 0.243 e. The molecule has 0 unspecified atom stereocenters. The summed E-state index contributed by atoms with van der Waals surface area (Å²) >= 11 is 0. The number of hydrogen-bond acceptors (Lipinski definition) is 3. The predicted octanol–water partition coefficient (Wildman–Crippen LogP) is 4.10. The Bertz CT molecular complexity index is 685. The van der Waals surface area contributed by atoms with Gasteiger partial charge in [0.25, 0.3) is 0 Å². The van der Waals surface area contributed by atoms with Crippen molar-refractivity contribution >= 4 is 23.0 Å². The predicted molar refractivity (Wildman–Crippen MR) is 103 cm³/mol. The molecule has 0 atom stereocenters. The topological polar surface area (TPSA) is 44.4 Å². The second-order valence-corrected chi connectivity index (χ2v) is 7.14. The molecular weight excluding hydrogens is 298 g/mol. The van der Waals surface area contributed by atoms with E-state index in [9.17, 15) is 4.79 Å². The van der Waals surface area contributed by atoms with Crippen LogP contribution >= 0.6 is 0 Å². The zero-order chi connectivity index (χ0) is 17.7. The Morgan fingerprint density at radius 1 is 1.00 bits per heavy atom. The van der Waals surface area contributed by atoms with E-state index in [0.717, 1.165) is 22.6 Å². The van der Waals surface area contributed by atoms with E-state index in [-0.39, 0.29) is 17.9 Å². The van der Waals surface area contributed by atoms with Gasteiger partial charge in [-0.1, -0.05) is 39.0 Å². The van der Waals surface area contributed by atoms with Gasteiger partial charge in [-0.2, -0.15) is 0 Å². The van der Waals surface area contributed by atoms with Gasteiger partial charge in [0, 0.05) is 31.2 Å². The SMILES string of the molecule is CN(C)c1ccc(NCC(=O)Nc2ccccc2C(C)(C)C)cc1. The van der Waals surface area contributed by atoms with Crippen LogP contribution in [0.4, 0.5) is 17.1 Å². The highest BCUT2D eigenvalue weighted by Crippen LogP contribution is 2.29. The lowest BCUT2D eigenvalue weighted by molar-refractivity contribution is -0.114. The van der Waals surface area contributed by atoms with Crippen molar-refractivity contribution in [2.75, 3.05) is 36.2 Å². The number of para-hydroxylation sites is 1. The fourth-order valence-corrected chi connectivity index (χ4v) is 2.50. The van der Waals surface area contributed by atoms with Crippen LogP contribution in [0.2, 0.25) is 0 Å². The molecule has 2 N–H and O–H groups in total. The van der Waals surface area contributed by atoms with Crippen LogP contribution in [0.25, 0.3) is 0 Å². The number of hydrogen-bond donors (Lipinski definition) is 2. The minimum atomic E-state index is -0.0524. The van der Waals surface area contributed by atoms with E-state index >= 15 is 0 Å². The second-order valence-electron chi connectivity index (χ2n) is 7.14. The summed E-state index contributed by atoms with van der Waals surface area (Å²) in [7, 11) is 4.01. The summed E-state index contributed by atoms with van der Waals surface area (Å²) in [5.74, 6) is -0.0524. The zero-order valence-electron chi connectivity index (χ0n) is 15.2. The Labute approximate surface area is 144 Å². The highest BCUT2D eigenvalue weighted by atomic mass is 16.1. The van der Waals surface area contributed by atoms with E-state index in [1.807, 2.05) is 61.5 Å². The van der Waals surface area contributed by atoms with Crippen molar-refractivity contribution in [2.45, 2.75) is 26.2 Å². The average molecular weight is 325 g/mol. The fraction of sp³-hybridized carbons (Fsp3) is 0.350. The van der Waals surface area contributed by atoms with Gasteiger partial charge in [0.2, 0.25) is 5.91 Å². The molecule has 0 spiro atoms. The first kappa shape index (κ1) is 17.9. The Balaban J connectivity index is 1.97. The molecule has 24 heavy (non-hydrogen) atoms. The van der Waals surface area contributed by atoms with Gasteiger partial charge in [0.15, 0.2) is 0 Å². The van der Waals surface area contributed by atoms with Crippen LogP contribution in [0, 0.1) is 0 Å². The van der Waals surface area contributed by atoms with Crippen LogP contribution in [0.15, 0.2) is 48.5 Å². The number of benzene rings is 2. The molecule has 0 radical (unpaired) electrons. The van der Waals surface area contributed by atoms with Gasteiger partial charge in [0.1, 0.15) is 0 Å². The number of nitrogens with one attached hydrogen (secondary N) is 2. The van der Waals surface area contributed by atoms with Crippen molar-refractivity contribution in [1.29, 1.82) is 0 Å². The molecule has 0 bridgehead atoms. The third kappa shape index (κ3) is 4.75. The number of carbonyl (C=O) groups is 1. The maximum absolute atomic E-state index is 12.3. The second kappa shape index (κ2) is 7.39. The molecule has 4 nitrogen and oxygen atoms in total. The molecule has 0 saturated heterocycles. The van der Waals surface area contributed by atoms with Gasteiger partial charge in [-0.3, -0.25) is 4.79 Å².